The number of carboxylic acid groups (broad SMARTS) is 1. The van der Waals surface area contributed by atoms with E-state index in [0.717, 1.165) is 25.7 Å². The van der Waals surface area contributed by atoms with Crippen LogP contribution in [0, 0.1) is 23.7 Å². The summed E-state index contributed by atoms with van der Waals surface area (Å²) in [4.78, 5) is 21.8. The molecule has 1 saturated carbocycles. The SMILES string of the molecule is CC#CC(=O)NCC1CCC(C(=O)O)CC1. The number of hydrogen-bond donors (Lipinski definition) is 2. The highest BCUT2D eigenvalue weighted by molar-refractivity contribution is 5.93. The predicted octanol–water partition coefficient (Wildman–Crippen LogP) is 1.02. The van der Waals surface area contributed by atoms with E-state index < -0.39 is 5.97 Å². The molecule has 0 radical (unpaired) electrons. The van der Waals surface area contributed by atoms with Crippen molar-refractivity contribution in [1.82, 2.24) is 5.32 Å². The number of aliphatic carboxylic acids is 1. The number of rotatable bonds is 3. The molecule has 2 N–H and O–H groups in total. The smallest absolute Gasteiger partial charge is 0.306 e. The molecule has 1 rings (SSSR count). The molecule has 0 bridgehead atoms. The van der Waals surface area contributed by atoms with E-state index in [1.165, 1.54) is 0 Å². The third-order valence-corrected chi connectivity index (χ3v) is 2.99. The van der Waals surface area contributed by atoms with Crippen molar-refractivity contribution in [3.8, 4) is 11.8 Å². The Hall–Kier alpha value is -1.50. The lowest BCUT2D eigenvalue weighted by molar-refractivity contribution is -0.143. The Morgan fingerprint density at radius 2 is 1.94 bits per heavy atom. The third kappa shape index (κ3) is 3.93. The van der Waals surface area contributed by atoms with Gasteiger partial charge in [0.2, 0.25) is 0 Å². The van der Waals surface area contributed by atoms with Crippen LogP contribution < -0.4 is 5.32 Å². The molecule has 0 aliphatic heterocycles. The molecule has 0 spiro atoms. The third-order valence-electron chi connectivity index (χ3n) is 2.99. The van der Waals surface area contributed by atoms with Gasteiger partial charge in [0.1, 0.15) is 0 Å². The van der Waals surface area contributed by atoms with E-state index in [4.69, 9.17) is 5.11 Å². The molecule has 0 atom stereocenters. The van der Waals surface area contributed by atoms with Gasteiger partial charge in [-0.1, -0.05) is 5.92 Å². The Labute approximate surface area is 95.4 Å². The molecule has 0 aromatic rings. The first-order valence-electron chi connectivity index (χ1n) is 5.57. The molecule has 0 saturated heterocycles. The number of amides is 1. The first-order valence-corrected chi connectivity index (χ1v) is 5.57. The highest BCUT2D eigenvalue weighted by Crippen LogP contribution is 2.28. The zero-order chi connectivity index (χ0) is 12.0. The van der Waals surface area contributed by atoms with Crippen LogP contribution in [0.5, 0.6) is 0 Å². The zero-order valence-corrected chi connectivity index (χ0v) is 9.45. The van der Waals surface area contributed by atoms with Crippen molar-refractivity contribution in [3.05, 3.63) is 0 Å². The molecule has 0 heterocycles. The molecule has 0 unspecified atom stereocenters. The Morgan fingerprint density at radius 1 is 1.31 bits per heavy atom. The van der Waals surface area contributed by atoms with Crippen molar-refractivity contribution >= 4 is 11.9 Å². The number of nitrogens with one attached hydrogen (secondary N) is 1. The van der Waals surface area contributed by atoms with E-state index in [2.05, 4.69) is 17.2 Å². The summed E-state index contributed by atoms with van der Waals surface area (Å²) in [6.07, 6.45) is 3.18. The van der Waals surface area contributed by atoms with Crippen molar-refractivity contribution in [3.63, 3.8) is 0 Å². The van der Waals surface area contributed by atoms with Crippen LogP contribution in [0.25, 0.3) is 0 Å². The van der Waals surface area contributed by atoms with Crippen molar-refractivity contribution in [2.45, 2.75) is 32.6 Å². The summed E-state index contributed by atoms with van der Waals surface area (Å²) in [5, 5.41) is 11.6. The Kier molecular flexibility index (Phi) is 4.84. The summed E-state index contributed by atoms with van der Waals surface area (Å²) in [7, 11) is 0. The lowest BCUT2D eigenvalue weighted by atomic mass is 9.82. The average Bonchev–Trinajstić information content (AvgIpc) is 2.27. The van der Waals surface area contributed by atoms with E-state index in [1.807, 2.05) is 0 Å². The van der Waals surface area contributed by atoms with E-state index in [9.17, 15) is 9.59 Å². The maximum Gasteiger partial charge on any atom is 0.306 e. The Balaban J connectivity index is 2.24. The highest BCUT2D eigenvalue weighted by Gasteiger charge is 2.25. The molecular weight excluding hydrogens is 206 g/mol. The van der Waals surface area contributed by atoms with Crippen LogP contribution in [0.3, 0.4) is 0 Å². The van der Waals surface area contributed by atoms with Crippen molar-refractivity contribution in [2.75, 3.05) is 6.54 Å². The van der Waals surface area contributed by atoms with Gasteiger partial charge in [-0.05, 0) is 44.4 Å². The molecule has 16 heavy (non-hydrogen) atoms. The van der Waals surface area contributed by atoms with Gasteiger partial charge in [-0.25, -0.2) is 0 Å². The quantitative estimate of drug-likeness (QED) is 0.702. The van der Waals surface area contributed by atoms with Crippen LogP contribution in [-0.2, 0) is 9.59 Å². The fourth-order valence-electron chi connectivity index (χ4n) is 2.01. The number of hydrogen-bond acceptors (Lipinski definition) is 2. The molecular formula is C12H17NO3. The normalized spacial score (nSPS) is 24.1. The number of carbonyl (C=O) groups excluding carboxylic acids is 1. The van der Waals surface area contributed by atoms with Crippen LogP contribution >= 0.6 is 0 Å². The van der Waals surface area contributed by atoms with Gasteiger partial charge in [0.05, 0.1) is 5.92 Å². The first-order chi connectivity index (χ1) is 7.63. The second-order valence-electron chi connectivity index (χ2n) is 4.14. The monoisotopic (exact) mass is 223 g/mol. The summed E-state index contributed by atoms with van der Waals surface area (Å²) in [6, 6.07) is 0. The summed E-state index contributed by atoms with van der Waals surface area (Å²) in [5.41, 5.74) is 0. The molecule has 0 aromatic heterocycles. The standard InChI is InChI=1S/C12H17NO3/c1-2-3-11(14)13-8-9-4-6-10(7-5-9)12(15)16/h9-10H,4-8H2,1H3,(H,13,14)(H,15,16). The summed E-state index contributed by atoms with van der Waals surface area (Å²) in [6.45, 7) is 2.23. The first kappa shape index (κ1) is 12.6. The molecule has 4 heteroatoms. The van der Waals surface area contributed by atoms with Crippen LogP contribution in [0.1, 0.15) is 32.6 Å². The van der Waals surface area contributed by atoms with Crippen LogP contribution in [0.4, 0.5) is 0 Å². The van der Waals surface area contributed by atoms with Gasteiger partial charge in [0.15, 0.2) is 0 Å². The van der Waals surface area contributed by atoms with Crippen molar-refractivity contribution in [2.24, 2.45) is 11.8 Å². The van der Waals surface area contributed by atoms with Crippen LogP contribution in [0.15, 0.2) is 0 Å². The summed E-state index contributed by atoms with van der Waals surface area (Å²) >= 11 is 0. The Bertz CT molecular complexity index is 319. The van der Waals surface area contributed by atoms with Gasteiger partial charge in [0.25, 0.3) is 5.91 Å². The second-order valence-corrected chi connectivity index (χ2v) is 4.14. The van der Waals surface area contributed by atoms with Gasteiger partial charge in [-0.3, -0.25) is 9.59 Å². The number of carboxylic acids is 1. The zero-order valence-electron chi connectivity index (χ0n) is 9.45. The number of carbonyl (C=O) groups is 2. The molecule has 1 amide bonds. The largest absolute Gasteiger partial charge is 0.481 e. The minimum atomic E-state index is -0.695. The van der Waals surface area contributed by atoms with Crippen molar-refractivity contribution in [1.29, 1.82) is 0 Å². The lowest BCUT2D eigenvalue weighted by Crippen LogP contribution is -2.31. The molecule has 1 fully saturated rings. The lowest BCUT2D eigenvalue weighted by Gasteiger charge is -2.25. The van der Waals surface area contributed by atoms with E-state index in [1.54, 1.807) is 6.92 Å². The fraction of sp³-hybridized carbons (Fsp3) is 0.667. The molecule has 0 aromatic carbocycles. The van der Waals surface area contributed by atoms with Gasteiger partial charge in [-0.2, -0.15) is 0 Å². The van der Waals surface area contributed by atoms with Gasteiger partial charge >= 0.3 is 5.97 Å². The topological polar surface area (TPSA) is 66.4 Å². The fourth-order valence-corrected chi connectivity index (χ4v) is 2.01. The molecule has 88 valence electrons. The van der Waals surface area contributed by atoms with E-state index in [0.29, 0.717) is 12.5 Å². The molecule has 1 aliphatic carbocycles. The van der Waals surface area contributed by atoms with Crippen molar-refractivity contribution < 1.29 is 14.7 Å². The molecule has 1 aliphatic rings. The maximum atomic E-state index is 11.1. The van der Waals surface area contributed by atoms with E-state index in [-0.39, 0.29) is 11.8 Å². The van der Waals surface area contributed by atoms with Gasteiger partial charge in [0, 0.05) is 6.54 Å². The van der Waals surface area contributed by atoms with Crippen LogP contribution in [0.2, 0.25) is 0 Å². The van der Waals surface area contributed by atoms with Crippen LogP contribution in [-0.4, -0.2) is 23.5 Å². The minimum absolute atomic E-state index is 0.192. The Morgan fingerprint density at radius 3 is 2.44 bits per heavy atom. The predicted molar refractivity (Wildman–Crippen MR) is 59.5 cm³/mol. The summed E-state index contributed by atoms with van der Waals surface area (Å²) < 4.78 is 0. The maximum absolute atomic E-state index is 11.1. The average molecular weight is 223 g/mol. The molecule has 4 nitrogen and oxygen atoms in total. The van der Waals surface area contributed by atoms with Gasteiger partial charge in [-0.15, -0.1) is 0 Å². The minimum Gasteiger partial charge on any atom is -0.481 e. The summed E-state index contributed by atoms with van der Waals surface area (Å²) in [5.74, 6) is 4.22. The second kappa shape index (κ2) is 6.16. The van der Waals surface area contributed by atoms with E-state index >= 15 is 0 Å². The highest BCUT2D eigenvalue weighted by atomic mass is 16.4. The van der Waals surface area contributed by atoms with Gasteiger partial charge < -0.3 is 10.4 Å².